The number of H-pyrrole nitrogens is 1. The number of allylic oxidation sites excluding steroid dienone is 3. The third-order valence-corrected chi connectivity index (χ3v) is 7.08. The van der Waals surface area contributed by atoms with Crippen molar-refractivity contribution in [1.29, 1.82) is 0 Å². The van der Waals surface area contributed by atoms with Crippen LogP contribution in [0.15, 0.2) is 50.2 Å². The molecule has 1 amide bonds. The summed E-state index contributed by atoms with van der Waals surface area (Å²) in [6.45, 7) is 6.42. The Kier molecular flexibility index (Phi) is 4.52. The highest BCUT2D eigenvalue weighted by molar-refractivity contribution is 7.90. The molecule has 0 spiro atoms. The van der Waals surface area contributed by atoms with Crippen LogP contribution in [0.2, 0.25) is 0 Å². The first-order valence-corrected chi connectivity index (χ1v) is 11.5. The van der Waals surface area contributed by atoms with Crippen LogP contribution in [0.1, 0.15) is 54.1 Å². The van der Waals surface area contributed by atoms with E-state index in [0.29, 0.717) is 18.9 Å². The van der Waals surface area contributed by atoms with Gasteiger partial charge >= 0.3 is 11.8 Å². The number of fused-ring (bicyclic) bond motifs is 2. The maximum atomic E-state index is 13.4. The van der Waals surface area contributed by atoms with Gasteiger partial charge in [0.05, 0.1) is 22.9 Å². The largest absolute Gasteiger partial charge is 0.416 e. The summed E-state index contributed by atoms with van der Waals surface area (Å²) in [6, 6.07) is 0. The molecule has 0 bridgehead atoms. The fourth-order valence-corrected chi connectivity index (χ4v) is 5.57. The van der Waals surface area contributed by atoms with Crippen molar-refractivity contribution >= 4 is 25.8 Å². The molecule has 0 fully saturated rings. The second-order valence-corrected chi connectivity index (χ2v) is 11.0. The van der Waals surface area contributed by atoms with E-state index >= 15 is 0 Å². The maximum Gasteiger partial charge on any atom is 0.312 e. The number of aromatic nitrogens is 4. The number of rotatable bonds is 3. The first kappa shape index (κ1) is 19.4. The van der Waals surface area contributed by atoms with E-state index in [0.717, 1.165) is 22.7 Å². The maximum absolute atomic E-state index is 13.4. The van der Waals surface area contributed by atoms with Gasteiger partial charge in [0.2, 0.25) is 5.89 Å². The second kappa shape index (κ2) is 6.99. The SMILES string of the molecule is CC1=CN2N=S([C@H]3c4nc[nH]c4CCN3C(=O)c3nnc(C(C)(C)P)o3)C=C2C=C1. The van der Waals surface area contributed by atoms with Crippen molar-refractivity contribution in [1.82, 2.24) is 30.1 Å². The molecule has 11 heteroatoms. The van der Waals surface area contributed by atoms with Gasteiger partial charge in [0, 0.05) is 30.3 Å². The van der Waals surface area contributed by atoms with Gasteiger partial charge in [0.1, 0.15) is 5.37 Å². The van der Waals surface area contributed by atoms with Gasteiger partial charge in [-0.05, 0) is 43.1 Å². The first-order valence-electron chi connectivity index (χ1n) is 9.58. The number of hydrogen-bond donors (Lipinski definition) is 1. The second-order valence-electron chi connectivity index (χ2n) is 8.02. The normalized spacial score (nSPS) is 22.9. The quantitative estimate of drug-likeness (QED) is 0.732. The zero-order valence-corrected chi connectivity index (χ0v) is 18.8. The highest BCUT2D eigenvalue weighted by Gasteiger charge is 2.39. The Labute approximate surface area is 178 Å². The fraction of sp³-hybridized carbons (Fsp3) is 0.368. The van der Waals surface area contributed by atoms with Crippen molar-refractivity contribution in [3.8, 4) is 0 Å². The first-order chi connectivity index (χ1) is 14.3. The molecule has 0 aliphatic carbocycles. The van der Waals surface area contributed by atoms with Crippen molar-refractivity contribution in [3.63, 3.8) is 0 Å². The molecule has 30 heavy (non-hydrogen) atoms. The number of nitrogens with one attached hydrogen (secondary N) is 1. The molecule has 2 aromatic rings. The summed E-state index contributed by atoms with van der Waals surface area (Å²) in [4.78, 5) is 22.9. The van der Waals surface area contributed by atoms with Crippen LogP contribution in [0.5, 0.6) is 0 Å². The minimum atomic E-state index is -0.601. The number of hydrogen-bond acceptors (Lipinski definition) is 7. The van der Waals surface area contributed by atoms with Crippen LogP contribution in [0.3, 0.4) is 0 Å². The van der Waals surface area contributed by atoms with Crippen LogP contribution in [0.4, 0.5) is 0 Å². The highest BCUT2D eigenvalue weighted by atomic mass is 32.2. The molecule has 5 heterocycles. The zero-order chi connectivity index (χ0) is 21.0. The number of nitrogens with zero attached hydrogens (tertiary/aromatic N) is 6. The smallest absolute Gasteiger partial charge is 0.312 e. The molecule has 1 N–H and O–H groups in total. The van der Waals surface area contributed by atoms with E-state index in [1.807, 2.05) is 38.1 Å². The summed E-state index contributed by atoms with van der Waals surface area (Å²) in [5.74, 6) is 0.103. The lowest BCUT2D eigenvalue weighted by atomic mass is 10.1. The lowest BCUT2D eigenvalue weighted by molar-refractivity contribution is 0.0680. The predicted octanol–water partition coefficient (Wildman–Crippen LogP) is 2.95. The Morgan fingerprint density at radius 2 is 2.20 bits per heavy atom. The Bertz CT molecular complexity index is 1150. The van der Waals surface area contributed by atoms with E-state index in [4.69, 9.17) is 8.89 Å². The highest BCUT2D eigenvalue weighted by Crippen LogP contribution is 2.38. The van der Waals surface area contributed by atoms with Crippen LogP contribution < -0.4 is 0 Å². The third-order valence-electron chi connectivity index (χ3n) is 5.05. The molecule has 0 saturated heterocycles. The van der Waals surface area contributed by atoms with Crippen molar-refractivity contribution in [3.05, 3.63) is 64.5 Å². The van der Waals surface area contributed by atoms with Gasteiger partial charge in [0.15, 0.2) is 0 Å². The van der Waals surface area contributed by atoms with E-state index in [9.17, 15) is 4.79 Å². The molecule has 3 atom stereocenters. The van der Waals surface area contributed by atoms with Crippen LogP contribution >= 0.6 is 9.24 Å². The van der Waals surface area contributed by atoms with E-state index in [1.54, 1.807) is 11.2 Å². The van der Waals surface area contributed by atoms with E-state index in [1.165, 1.54) is 0 Å². The number of carbonyl (C=O) groups is 1. The van der Waals surface area contributed by atoms with Crippen LogP contribution in [-0.4, -0.2) is 42.5 Å². The van der Waals surface area contributed by atoms with Crippen molar-refractivity contribution < 1.29 is 9.21 Å². The van der Waals surface area contributed by atoms with Gasteiger partial charge in [-0.25, -0.2) is 9.99 Å². The summed E-state index contributed by atoms with van der Waals surface area (Å²) < 4.78 is 10.6. The zero-order valence-electron chi connectivity index (χ0n) is 16.9. The van der Waals surface area contributed by atoms with E-state index < -0.39 is 15.8 Å². The molecule has 3 aliphatic rings. The van der Waals surface area contributed by atoms with Gasteiger partial charge < -0.3 is 14.3 Å². The monoisotopic (exact) mass is 443 g/mol. The summed E-state index contributed by atoms with van der Waals surface area (Å²) in [5.41, 5.74) is 4.00. The van der Waals surface area contributed by atoms with Crippen LogP contribution in [0, 0.1) is 0 Å². The molecule has 9 nitrogen and oxygen atoms in total. The van der Waals surface area contributed by atoms with Crippen molar-refractivity contribution in [2.24, 2.45) is 4.47 Å². The Morgan fingerprint density at radius 3 is 2.97 bits per heavy atom. The minimum Gasteiger partial charge on any atom is -0.416 e. The molecule has 0 saturated carbocycles. The van der Waals surface area contributed by atoms with Crippen LogP contribution in [-0.2, 0) is 22.3 Å². The van der Waals surface area contributed by atoms with Gasteiger partial charge in [-0.1, -0.05) is 6.08 Å². The molecular weight excluding hydrogens is 421 g/mol. The molecule has 5 rings (SSSR count). The van der Waals surface area contributed by atoms with Gasteiger partial charge in [-0.3, -0.25) is 4.79 Å². The van der Waals surface area contributed by atoms with Crippen LogP contribution in [0.25, 0.3) is 0 Å². The lowest BCUT2D eigenvalue weighted by Gasteiger charge is -2.33. The fourth-order valence-electron chi connectivity index (χ4n) is 3.51. The molecule has 2 unspecified atom stereocenters. The van der Waals surface area contributed by atoms with Crippen molar-refractivity contribution in [2.75, 3.05) is 6.54 Å². The Morgan fingerprint density at radius 1 is 1.37 bits per heavy atom. The molecule has 0 radical (unpaired) electrons. The van der Waals surface area contributed by atoms with Crippen molar-refractivity contribution in [2.45, 2.75) is 37.7 Å². The standard InChI is InChI=1S/C19H22N7O2PS/c1-11-4-5-12-9-30(24-26(12)8-11)17-14-13(20-10-21-14)6-7-25(17)16(27)15-22-23-18(28-15)19(2,3)29/h4-5,8-10,17H,6-7,29H2,1-3H3,(H,20,21)/t17-,30?/m0/s1. The number of carbonyl (C=O) groups excluding carboxylic acids is 1. The van der Waals surface area contributed by atoms with E-state index in [-0.39, 0.29) is 17.2 Å². The number of amides is 1. The topological polar surface area (TPSA) is 104 Å². The predicted molar refractivity (Wildman–Crippen MR) is 116 cm³/mol. The summed E-state index contributed by atoms with van der Waals surface area (Å²) in [7, 11) is 2.05. The molecule has 0 aromatic carbocycles. The number of imidazole rings is 1. The Balaban J connectivity index is 1.53. The van der Waals surface area contributed by atoms with E-state index in [2.05, 4.69) is 40.9 Å². The average Bonchev–Trinajstić information content (AvgIpc) is 3.43. The molecular formula is C19H22N7O2PS. The lowest BCUT2D eigenvalue weighted by Crippen LogP contribution is -2.41. The van der Waals surface area contributed by atoms with Gasteiger partial charge in [0.25, 0.3) is 0 Å². The summed E-state index contributed by atoms with van der Waals surface area (Å²) >= 11 is 0. The van der Waals surface area contributed by atoms with Gasteiger partial charge in [-0.15, -0.1) is 23.9 Å². The molecule has 2 aromatic heterocycles. The Hall–Kier alpha value is -2.58. The minimum absolute atomic E-state index is 0.00619. The molecule has 3 aliphatic heterocycles. The third kappa shape index (κ3) is 3.24. The number of aromatic amines is 1. The average molecular weight is 443 g/mol. The summed E-state index contributed by atoms with van der Waals surface area (Å²) in [5, 5.41) is 11.3. The molecule has 156 valence electrons. The summed E-state index contributed by atoms with van der Waals surface area (Å²) in [6.07, 6.45) is 8.45. The van der Waals surface area contributed by atoms with Gasteiger partial charge in [-0.2, -0.15) is 0 Å².